The highest BCUT2D eigenvalue weighted by atomic mass is 16.5. The molecule has 1 unspecified atom stereocenters. The lowest BCUT2D eigenvalue weighted by Crippen LogP contribution is -2.37. The maximum Gasteiger partial charge on any atom is 0.119 e. The number of rotatable bonds is 7. The smallest absolute Gasteiger partial charge is 0.119 e. The Morgan fingerprint density at radius 1 is 1.29 bits per heavy atom. The average molecular weight is 232 g/mol. The number of para-hydroxylation sites is 1. The van der Waals surface area contributed by atoms with Crippen LogP contribution >= 0.6 is 0 Å². The predicted molar refractivity (Wildman–Crippen MR) is 68.9 cm³/mol. The molecule has 0 bridgehead atoms. The number of hydrogen-bond acceptors (Lipinski definition) is 3. The Balaban J connectivity index is 2.16. The van der Waals surface area contributed by atoms with Crippen LogP contribution in [0.15, 0.2) is 30.3 Å². The second kappa shape index (κ2) is 6.93. The molecule has 0 spiro atoms. The zero-order valence-electron chi connectivity index (χ0n) is 10.6. The lowest BCUT2D eigenvalue weighted by molar-refractivity contribution is 0.297. The van der Waals surface area contributed by atoms with Crippen molar-refractivity contribution in [3.63, 3.8) is 0 Å². The molecule has 17 heavy (non-hydrogen) atoms. The molecule has 1 rings (SSSR count). The van der Waals surface area contributed by atoms with E-state index < -0.39 is 5.54 Å². The van der Waals surface area contributed by atoms with E-state index in [0.29, 0.717) is 6.61 Å². The van der Waals surface area contributed by atoms with Crippen molar-refractivity contribution >= 4 is 0 Å². The van der Waals surface area contributed by atoms with Crippen molar-refractivity contribution in [2.24, 2.45) is 0 Å². The number of unbranched alkanes of at least 4 members (excludes halogenated alkanes) is 1. The van der Waals surface area contributed by atoms with E-state index in [0.717, 1.165) is 25.0 Å². The first-order valence-electron chi connectivity index (χ1n) is 5.98. The standard InChI is InChI=1S/C14H20N2O/c1-14(12-15,16-2)10-6-7-11-17-13-8-4-3-5-9-13/h3-5,8-9,16H,6-7,10-11H2,1-2H3. The van der Waals surface area contributed by atoms with Gasteiger partial charge in [0, 0.05) is 0 Å². The summed E-state index contributed by atoms with van der Waals surface area (Å²) in [7, 11) is 1.82. The van der Waals surface area contributed by atoms with Crippen LogP contribution in [0.5, 0.6) is 5.75 Å². The zero-order valence-corrected chi connectivity index (χ0v) is 10.6. The number of nitrogens with one attached hydrogen (secondary N) is 1. The van der Waals surface area contributed by atoms with Crippen LogP contribution < -0.4 is 10.1 Å². The third-order valence-corrected chi connectivity index (χ3v) is 2.88. The van der Waals surface area contributed by atoms with Gasteiger partial charge in [-0.3, -0.25) is 0 Å². The van der Waals surface area contributed by atoms with Gasteiger partial charge in [-0.25, -0.2) is 0 Å². The fourth-order valence-corrected chi connectivity index (χ4v) is 1.52. The molecule has 0 aliphatic heterocycles. The van der Waals surface area contributed by atoms with E-state index >= 15 is 0 Å². The van der Waals surface area contributed by atoms with E-state index in [1.807, 2.05) is 44.3 Å². The fraction of sp³-hybridized carbons (Fsp3) is 0.500. The number of nitriles is 1. The summed E-state index contributed by atoms with van der Waals surface area (Å²) in [6.45, 7) is 2.63. The van der Waals surface area contributed by atoms with Crippen molar-refractivity contribution in [2.45, 2.75) is 31.7 Å². The molecule has 0 heterocycles. The highest BCUT2D eigenvalue weighted by molar-refractivity contribution is 5.20. The number of nitrogens with zero attached hydrogens (tertiary/aromatic N) is 1. The summed E-state index contributed by atoms with van der Waals surface area (Å²) in [4.78, 5) is 0. The molecule has 0 aliphatic rings. The van der Waals surface area contributed by atoms with Gasteiger partial charge in [-0.2, -0.15) is 5.26 Å². The molecular weight excluding hydrogens is 212 g/mol. The Labute approximate surface area is 103 Å². The first-order chi connectivity index (χ1) is 8.20. The highest BCUT2D eigenvalue weighted by Gasteiger charge is 2.19. The quantitative estimate of drug-likeness (QED) is 0.735. The molecule has 1 atom stereocenters. The van der Waals surface area contributed by atoms with Gasteiger partial charge in [-0.05, 0) is 45.4 Å². The van der Waals surface area contributed by atoms with Crippen LogP contribution in [0.25, 0.3) is 0 Å². The van der Waals surface area contributed by atoms with Crippen LogP contribution in [0.4, 0.5) is 0 Å². The molecule has 0 amide bonds. The van der Waals surface area contributed by atoms with Crippen molar-refractivity contribution in [1.82, 2.24) is 5.32 Å². The zero-order chi connectivity index (χ0) is 12.6. The predicted octanol–water partition coefficient (Wildman–Crippen LogP) is 2.74. The minimum atomic E-state index is -0.410. The lowest BCUT2D eigenvalue weighted by atomic mass is 9.97. The molecule has 0 aliphatic carbocycles. The van der Waals surface area contributed by atoms with Crippen molar-refractivity contribution in [3.8, 4) is 11.8 Å². The van der Waals surface area contributed by atoms with E-state index in [-0.39, 0.29) is 0 Å². The van der Waals surface area contributed by atoms with Gasteiger partial charge in [0.2, 0.25) is 0 Å². The topological polar surface area (TPSA) is 45.0 Å². The van der Waals surface area contributed by atoms with Crippen LogP contribution in [0, 0.1) is 11.3 Å². The number of benzene rings is 1. The molecule has 1 N–H and O–H groups in total. The Morgan fingerprint density at radius 2 is 2.00 bits per heavy atom. The van der Waals surface area contributed by atoms with Crippen molar-refractivity contribution in [1.29, 1.82) is 5.26 Å². The largest absolute Gasteiger partial charge is 0.494 e. The summed E-state index contributed by atoms with van der Waals surface area (Å²) < 4.78 is 5.58. The summed E-state index contributed by atoms with van der Waals surface area (Å²) in [6, 6.07) is 12.1. The molecular formula is C14H20N2O. The molecule has 1 aromatic carbocycles. The molecule has 3 nitrogen and oxygen atoms in total. The third kappa shape index (κ3) is 4.88. The molecule has 0 fully saturated rings. The third-order valence-electron chi connectivity index (χ3n) is 2.88. The summed E-state index contributed by atoms with van der Waals surface area (Å²) in [6.07, 6.45) is 2.80. The van der Waals surface area contributed by atoms with E-state index in [9.17, 15) is 0 Å². The second-order valence-corrected chi connectivity index (χ2v) is 4.31. The summed E-state index contributed by atoms with van der Waals surface area (Å²) >= 11 is 0. The number of ether oxygens (including phenoxy) is 1. The Morgan fingerprint density at radius 3 is 2.59 bits per heavy atom. The van der Waals surface area contributed by atoms with Crippen LogP contribution in [-0.4, -0.2) is 19.2 Å². The molecule has 0 saturated carbocycles. The van der Waals surface area contributed by atoms with Crippen molar-refractivity contribution in [2.75, 3.05) is 13.7 Å². The Hall–Kier alpha value is -1.53. The van der Waals surface area contributed by atoms with E-state index in [2.05, 4.69) is 11.4 Å². The Kier molecular flexibility index (Phi) is 5.51. The van der Waals surface area contributed by atoms with Gasteiger partial charge in [-0.1, -0.05) is 18.2 Å². The minimum absolute atomic E-state index is 0.410. The maximum absolute atomic E-state index is 8.98. The summed E-state index contributed by atoms with van der Waals surface area (Å²) in [5, 5.41) is 12.0. The fourth-order valence-electron chi connectivity index (χ4n) is 1.52. The van der Waals surface area contributed by atoms with Gasteiger partial charge < -0.3 is 10.1 Å². The van der Waals surface area contributed by atoms with Gasteiger partial charge in [0.15, 0.2) is 0 Å². The van der Waals surface area contributed by atoms with Crippen LogP contribution in [0.1, 0.15) is 26.2 Å². The van der Waals surface area contributed by atoms with Crippen LogP contribution in [-0.2, 0) is 0 Å². The molecule has 1 aromatic rings. The first-order valence-corrected chi connectivity index (χ1v) is 5.98. The minimum Gasteiger partial charge on any atom is -0.494 e. The molecule has 0 saturated heterocycles. The Bertz CT molecular complexity index is 358. The lowest BCUT2D eigenvalue weighted by Gasteiger charge is -2.20. The van der Waals surface area contributed by atoms with Gasteiger partial charge in [0.1, 0.15) is 11.3 Å². The van der Waals surface area contributed by atoms with Gasteiger partial charge >= 0.3 is 0 Å². The average Bonchev–Trinajstić information content (AvgIpc) is 2.39. The summed E-state index contributed by atoms with van der Waals surface area (Å²) in [5.74, 6) is 0.907. The maximum atomic E-state index is 8.98. The van der Waals surface area contributed by atoms with Crippen LogP contribution in [0.3, 0.4) is 0 Å². The van der Waals surface area contributed by atoms with Crippen molar-refractivity contribution < 1.29 is 4.74 Å². The van der Waals surface area contributed by atoms with Gasteiger partial charge in [0.25, 0.3) is 0 Å². The first kappa shape index (κ1) is 13.5. The monoisotopic (exact) mass is 232 g/mol. The van der Waals surface area contributed by atoms with Crippen molar-refractivity contribution in [3.05, 3.63) is 30.3 Å². The highest BCUT2D eigenvalue weighted by Crippen LogP contribution is 2.13. The molecule has 3 heteroatoms. The molecule has 92 valence electrons. The molecule has 0 radical (unpaired) electrons. The van der Waals surface area contributed by atoms with E-state index in [1.54, 1.807) is 0 Å². The van der Waals surface area contributed by atoms with Gasteiger partial charge in [0.05, 0.1) is 12.7 Å². The number of hydrogen-bond donors (Lipinski definition) is 1. The van der Waals surface area contributed by atoms with Crippen LogP contribution in [0.2, 0.25) is 0 Å². The molecule has 0 aromatic heterocycles. The normalized spacial score (nSPS) is 13.7. The van der Waals surface area contributed by atoms with E-state index in [4.69, 9.17) is 10.00 Å². The second-order valence-electron chi connectivity index (χ2n) is 4.31. The SMILES string of the molecule is CNC(C)(C#N)CCCCOc1ccccc1. The van der Waals surface area contributed by atoms with E-state index in [1.165, 1.54) is 0 Å². The van der Waals surface area contributed by atoms with Gasteiger partial charge in [-0.15, -0.1) is 0 Å². The summed E-state index contributed by atoms with van der Waals surface area (Å²) in [5.41, 5.74) is -0.410.